The van der Waals surface area contributed by atoms with Crippen molar-refractivity contribution in [3.05, 3.63) is 18.2 Å². The van der Waals surface area contributed by atoms with Crippen LogP contribution in [-0.2, 0) is 4.79 Å². The van der Waals surface area contributed by atoms with Gasteiger partial charge < -0.3 is 10.1 Å². The monoisotopic (exact) mass is 262 g/mol. The third kappa shape index (κ3) is 2.06. The number of hydrogen-bond acceptors (Lipinski definition) is 4. The molecule has 1 aromatic heterocycles. The number of hydrogen-bond donors (Lipinski definition) is 1. The van der Waals surface area contributed by atoms with E-state index >= 15 is 0 Å². The number of thiazole rings is 1. The van der Waals surface area contributed by atoms with Crippen molar-refractivity contribution < 1.29 is 9.53 Å². The van der Waals surface area contributed by atoms with Gasteiger partial charge >= 0.3 is 0 Å². The van der Waals surface area contributed by atoms with Crippen LogP contribution in [0.1, 0.15) is 19.3 Å². The summed E-state index contributed by atoms with van der Waals surface area (Å²) in [4.78, 5) is 16.2. The van der Waals surface area contributed by atoms with Gasteiger partial charge in [0.05, 0.1) is 17.3 Å². The van der Waals surface area contributed by atoms with E-state index in [0.717, 1.165) is 35.2 Å². The van der Waals surface area contributed by atoms with Crippen LogP contribution < -0.4 is 10.1 Å². The van der Waals surface area contributed by atoms with Crippen molar-refractivity contribution in [1.82, 2.24) is 4.98 Å². The lowest BCUT2D eigenvalue weighted by molar-refractivity contribution is -0.122. The van der Waals surface area contributed by atoms with Gasteiger partial charge in [-0.1, -0.05) is 17.8 Å². The summed E-state index contributed by atoms with van der Waals surface area (Å²) in [5.41, 5.74) is 0.893. The number of benzene rings is 1. The highest BCUT2D eigenvalue weighted by atomic mass is 32.1. The molecule has 0 radical (unpaired) electrons. The lowest BCUT2D eigenvalue weighted by Gasteiger charge is -2.23. The van der Waals surface area contributed by atoms with Gasteiger partial charge in [0.1, 0.15) is 5.75 Å². The molecule has 2 aromatic rings. The van der Waals surface area contributed by atoms with E-state index in [1.165, 1.54) is 11.3 Å². The van der Waals surface area contributed by atoms with Gasteiger partial charge in [-0.2, -0.15) is 0 Å². The molecule has 1 N–H and O–H groups in total. The molecule has 0 atom stereocenters. The lowest BCUT2D eigenvalue weighted by Crippen LogP contribution is -2.27. The van der Waals surface area contributed by atoms with Gasteiger partial charge in [-0.25, -0.2) is 4.98 Å². The predicted molar refractivity (Wildman–Crippen MR) is 72.1 cm³/mol. The summed E-state index contributed by atoms with van der Waals surface area (Å²) >= 11 is 1.48. The van der Waals surface area contributed by atoms with Gasteiger partial charge in [0.2, 0.25) is 5.91 Å². The normalized spacial score (nSPS) is 15.4. The van der Waals surface area contributed by atoms with Crippen LogP contribution in [0.4, 0.5) is 5.13 Å². The maximum atomic E-state index is 11.8. The summed E-state index contributed by atoms with van der Waals surface area (Å²) in [7, 11) is 1.64. The highest BCUT2D eigenvalue weighted by Crippen LogP contribution is 2.31. The summed E-state index contributed by atoms with van der Waals surface area (Å²) in [5, 5.41) is 3.57. The molecule has 1 amide bonds. The number of carbonyl (C=O) groups excluding carboxylic acids is 1. The van der Waals surface area contributed by atoms with Gasteiger partial charge in [0, 0.05) is 5.92 Å². The highest BCUT2D eigenvalue weighted by molar-refractivity contribution is 7.22. The van der Waals surface area contributed by atoms with Gasteiger partial charge in [0.25, 0.3) is 0 Å². The molecule has 1 fully saturated rings. The lowest BCUT2D eigenvalue weighted by atomic mass is 9.85. The summed E-state index contributed by atoms with van der Waals surface area (Å²) in [6.07, 6.45) is 3.17. The first kappa shape index (κ1) is 11.5. The standard InChI is InChI=1S/C13H14N2O2S/c1-17-9-5-6-10-11(7-9)18-13(14-10)15-12(16)8-3-2-4-8/h5-8H,2-4H2,1H3,(H,14,15,16). The topological polar surface area (TPSA) is 51.2 Å². The fourth-order valence-electron chi connectivity index (χ4n) is 1.96. The molecule has 18 heavy (non-hydrogen) atoms. The van der Waals surface area contributed by atoms with Gasteiger partial charge in [-0.05, 0) is 31.0 Å². The first-order valence-electron chi connectivity index (χ1n) is 6.02. The molecule has 5 heteroatoms. The van der Waals surface area contributed by atoms with E-state index in [0.29, 0.717) is 5.13 Å². The first-order valence-corrected chi connectivity index (χ1v) is 6.83. The molecular weight excluding hydrogens is 248 g/mol. The molecular formula is C13H14N2O2S. The fraction of sp³-hybridized carbons (Fsp3) is 0.385. The van der Waals surface area contributed by atoms with Crippen molar-refractivity contribution in [2.75, 3.05) is 12.4 Å². The van der Waals surface area contributed by atoms with E-state index in [1.54, 1.807) is 7.11 Å². The van der Waals surface area contributed by atoms with Crippen LogP contribution in [0.2, 0.25) is 0 Å². The maximum Gasteiger partial charge on any atom is 0.229 e. The number of anilines is 1. The van der Waals surface area contributed by atoms with Crippen LogP contribution in [0, 0.1) is 5.92 Å². The SMILES string of the molecule is COc1ccc2nc(NC(=O)C3CCC3)sc2c1. The highest BCUT2D eigenvalue weighted by Gasteiger charge is 2.25. The molecule has 3 rings (SSSR count). The predicted octanol–water partition coefficient (Wildman–Crippen LogP) is 3.04. The Hall–Kier alpha value is -1.62. The Labute approximate surface area is 109 Å². The van der Waals surface area contributed by atoms with E-state index in [-0.39, 0.29) is 11.8 Å². The van der Waals surface area contributed by atoms with Crippen molar-refractivity contribution in [2.45, 2.75) is 19.3 Å². The largest absolute Gasteiger partial charge is 0.497 e. The van der Waals surface area contributed by atoms with Gasteiger partial charge in [0.15, 0.2) is 5.13 Å². The van der Waals surface area contributed by atoms with Crippen molar-refractivity contribution in [3.8, 4) is 5.75 Å². The Morgan fingerprint density at radius 1 is 1.50 bits per heavy atom. The summed E-state index contributed by atoms with van der Waals surface area (Å²) in [5.74, 6) is 1.10. The van der Waals surface area contributed by atoms with Crippen molar-refractivity contribution in [3.63, 3.8) is 0 Å². The van der Waals surface area contributed by atoms with Crippen LogP contribution in [0.3, 0.4) is 0 Å². The van der Waals surface area contributed by atoms with E-state index in [9.17, 15) is 4.79 Å². The number of ether oxygens (including phenoxy) is 1. The number of fused-ring (bicyclic) bond motifs is 1. The third-order valence-electron chi connectivity index (χ3n) is 3.30. The maximum absolute atomic E-state index is 11.8. The van der Waals surface area contributed by atoms with Gasteiger partial charge in [-0.3, -0.25) is 4.79 Å². The minimum atomic E-state index is 0.104. The molecule has 1 aliphatic carbocycles. The van der Waals surface area contributed by atoms with E-state index in [2.05, 4.69) is 10.3 Å². The molecule has 0 unspecified atom stereocenters. The zero-order valence-electron chi connectivity index (χ0n) is 10.1. The quantitative estimate of drug-likeness (QED) is 0.925. The van der Waals surface area contributed by atoms with E-state index in [4.69, 9.17) is 4.74 Å². The zero-order chi connectivity index (χ0) is 12.5. The fourth-order valence-corrected chi connectivity index (χ4v) is 2.86. The van der Waals surface area contributed by atoms with Crippen LogP contribution in [0.5, 0.6) is 5.75 Å². The molecule has 0 spiro atoms. The molecule has 0 aliphatic heterocycles. The second-order valence-electron chi connectivity index (χ2n) is 4.47. The molecule has 1 aliphatic rings. The zero-order valence-corrected chi connectivity index (χ0v) is 10.9. The molecule has 1 heterocycles. The second kappa shape index (κ2) is 4.57. The minimum absolute atomic E-state index is 0.104. The second-order valence-corrected chi connectivity index (χ2v) is 5.50. The van der Waals surface area contributed by atoms with Crippen molar-refractivity contribution in [2.24, 2.45) is 5.92 Å². The average Bonchev–Trinajstić information content (AvgIpc) is 2.67. The number of aromatic nitrogens is 1. The van der Waals surface area contributed by atoms with Crippen LogP contribution in [-0.4, -0.2) is 18.0 Å². The van der Waals surface area contributed by atoms with Crippen molar-refractivity contribution in [1.29, 1.82) is 0 Å². The van der Waals surface area contributed by atoms with Crippen molar-refractivity contribution >= 4 is 32.6 Å². The number of carbonyl (C=O) groups is 1. The molecule has 1 aromatic carbocycles. The van der Waals surface area contributed by atoms with E-state index in [1.807, 2.05) is 18.2 Å². The van der Waals surface area contributed by atoms with Gasteiger partial charge in [-0.15, -0.1) is 0 Å². The average molecular weight is 262 g/mol. The molecule has 0 saturated heterocycles. The molecule has 0 bridgehead atoms. The van der Waals surface area contributed by atoms with E-state index < -0.39 is 0 Å². The number of methoxy groups -OCH3 is 1. The number of rotatable bonds is 3. The van der Waals surface area contributed by atoms with Crippen LogP contribution >= 0.6 is 11.3 Å². The number of amides is 1. The third-order valence-corrected chi connectivity index (χ3v) is 4.24. The number of nitrogens with one attached hydrogen (secondary N) is 1. The summed E-state index contributed by atoms with van der Waals surface area (Å²) < 4.78 is 6.20. The smallest absolute Gasteiger partial charge is 0.229 e. The summed E-state index contributed by atoms with van der Waals surface area (Å²) in [6.45, 7) is 0. The minimum Gasteiger partial charge on any atom is -0.497 e. The molecule has 4 nitrogen and oxygen atoms in total. The Morgan fingerprint density at radius 3 is 3.00 bits per heavy atom. The summed E-state index contributed by atoms with van der Waals surface area (Å²) in [6, 6.07) is 5.72. The molecule has 1 saturated carbocycles. The van der Waals surface area contributed by atoms with Crippen LogP contribution in [0.25, 0.3) is 10.2 Å². The first-order chi connectivity index (χ1) is 8.76. The Morgan fingerprint density at radius 2 is 2.33 bits per heavy atom. The Kier molecular flexibility index (Phi) is 2.91. The molecule has 94 valence electrons. The van der Waals surface area contributed by atoms with Crippen LogP contribution in [0.15, 0.2) is 18.2 Å². The Bertz CT molecular complexity index is 590. The number of nitrogens with zero attached hydrogens (tertiary/aromatic N) is 1. The Balaban J connectivity index is 1.81.